The first kappa shape index (κ1) is 15.8. The molecule has 116 valence electrons. The van der Waals surface area contributed by atoms with Gasteiger partial charge in [-0.1, -0.05) is 29.5 Å². The lowest BCUT2D eigenvalue weighted by Crippen LogP contribution is -2.31. The van der Waals surface area contributed by atoms with Crippen LogP contribution in [0.25, 0.3) is 0 Å². The fourth-order valence-electron chi connectivity index (χ4n) is 1.69. The summed E-state index contributed by atoms with van der Waals surface area (Å²) >= 11 is 1.12. The topological polar surface area (TPSA) is 81.9 Å². The maximum Gasteiger partial charge on any atom is 0.426 e. The van der Waals surface area contributed by atoms with Crippen LogP contribution in [0.15, 0.2) is 35.3 Å². The molecule has 0 radical (unpaired) electrons. The quantitative estimate of drug-likeness (QED) is 0.879. The molecule has 0 aliphatic heterocycles. The van der Waals surface area contributed by atoms with E-state index in [2.05, 4.69) is 15.2 Å². The van der Waals surface area contributed by atoms with Crippen LogP contribution in [0.4, 0.5) is 10.5 Å². The lowest BCUT2D eigenvalue weighted by atomic mass is 10.3. The van der Waals surface area contributed by atoms with E-state index in [-0.39, 0.29) is 0 Å². The average Bonchev–Trinajstić information content (AvgIpc) is 2.84. The minimum Gasteiger partial charge on any atom is -0.465 e. The minimum atomic E-state index is -0.660. The van der Waals surface area contributed by atoms with Gasteiger partial charge in [-0.05, 0) is 19.1 Å². The van der Waals surface area contributed by atoms with Crippen molar-refractivity contribution in [2.45, 2.75) is 6.92 Å². The molecular formula is C14H15N3O4S. The Hall–Kier alpha value is -2.61. The van der Waals surface area contributed by atoms with E-state index in [1.807, 2.05) is 30.3 Å². The van der Waals surface area contributed by atoms with Crippen molar-refractivity contribution in [1.29, 1.82) is 0 Å². The van der Waals surface area contributed by atoms with Gasteiger partial charge in [0.05, 0.1) is 25.6 Å². The number of para-hydroxylation sites is 1. The number of esters is 1. The molecule has 1 aromatic heterocycles. The van der Waals surface area contributed by atoms with Gasteiger partial charge in [-0.2, -0.15) is 0 Å². The number of thiazole rings is 1. The van der Waals surface area contributed by atoms with Gasteiger partial charge in [0.25, 0.3) is 0 Å². The first-order chi connectivity index (χ1) is 10.6. The number of amides is 1. The summed E-state index contributed by atoms with van der Waals surface area (Å²) in [5.41, 5.74) is 3.72. The van der Waals surface area contributed by atoms with E-state index in [1.165, 1.54) is 18.9 Å². The third-order valence-electron chi connectivity index (χ3n) is 2.79. The summed E-state index contributed by atoms with van der Waals surface area (Å²) in [7, 11) is 2.56. The van der Waals surface area contributed by atoms with Gasteiger partial charge in [-0.25, -0.2) is 24.7 Å². The normalized spacial score (nSPS) is 11.1. The third kappa shape index (κ3) is 3.34. The molecule has 0 spiro atoms. The summed E-state index contributed by atoms with van der Waals surface area (Å²) in [5, 5.41) is 0. The van der Waals surface area contributed by atoms with E-state index in [0.29, 0.717) is 21.1 Å². The van der Waals surface area contributed by atoms with Crippen molar-refractivity contribution in [1.82, 2.24) is 4.68 Å². The van der Waals surface area contributed by atoms with E-state index in [1.54, 1.807) is 6.92 Å². The molecule has 1 heterocycles. The van der Waals surface area contributed by atoms with E-state index in [0.717, 1.165) is 11.3 Å². The van der Waals surface area contributed by atoms with E-state index >= 15 is 0 Å². The molecule has 1 amide bonds. The lowest BCUT2D eigenvalue weighted by Gasteiger charge is -2.07. The highest BCUT2D eigenvalue weighted by Crippen LogP contribution is 2.15. The van der Waals surface area contributed by atoms with Crippen molar-refractivity contribution in [2.75, 3.05) is 19.6 Å². The van der Waals surface area contributed by atoms with Crippen LogP contribution < -0.4 is 10.2 Å². The Labute approximate surface area is 130 Å². The summed E-state index contributed by atoms with van der Waals surface area (Å²) in [6.45, 7) is 1.68. The predicted molar refractivity (Wildman–Crippen MR) is 81.8 cm³/mol. The van der Waals surface area contributed by atoms with Crippen LogP contribution in [0, 0.1) is 6.92 Å². The molecule has 0 aliphatic carbocycles. The standard InChI is InChI=1S/C14H15N3O4S/c1-9-11(12(18)20-2)22-13(17(9)16-14(19)21-3)15-10-7-5-4-6-8-10/h4-8H,1-3H3,(H,16,19). The number of ether oxygens (including phenoxy) is 2. The average molecular weight is 321 g/mol. The van der Waals surface area contributed by atoms with Crippen LogP contribution in [-0.4, -0.2) is 31.0 Å². The molecule has 7 nitrogen and oxygen atoms in total. The van der Waals surface area contributed by atoms with Gasteiger partial charge in [-0.3, -0.25) is 0 Å². The molecule has 8 heteroatoms. The molecule has 0 bridgehead atoms. The summed E-state index contributed by atoms with van der Waals surface area (Å²) in [5.74, 6) is -0.488. The zero-order valence-corrected chi connectivity index (χ0v) is 13.1. The van der Waals surface area contributed by atoms with Crippen LogP contribution in [-0.2, 0) is 9.47 Å². The second-order valence-electron chi connectivity index (χ2n) is 4.18. The third-order valence-corrected chi connectivity index (χ3v) is 3.91. The number of methoxy groups -OCH3 is 2. The van der Waals surface area contributed by atoms with Crippen LogP contribution >= 0.6 is 11.3 Å². The van der Waals surface area contributed by atoms with Crippen LogP contribution in [0.2, 0.25) is 0 Å². The summed E-state index contributed by atoms with van der Waals surface area (Å²) in [6, 6.07) is 9.20. The number of carbonyl (C=O) groups excluding carboxylic acids is 2. The molecule has 0 saturated heterocycles. The number of nitrogens with zero attached hydrogens (tertiary/aromatic N) is 2. The highest BCUT2D eigenvalue weighted by Gasteiger charge is 2.18. The van der Waals surface area contributed by atoms with Crippen molar-refractivity contribution in [2.24, 2.45) is 4.99 Å². The Morgan fingerprint density at radius 1 is 1.18 bits per heavy atom. The van der Waals surface area contributed by atoms with E-state index in [9.17, 15) is 9.59 Å². The van der Waals surface area contributed by atoms with Gasteiger partial charge in [0.2, 0.25) is 4.80 Å². The molecule has 0 aliphatic rings. The van der Waals surface area contributed by atoms with Crippen LogP contribution in [0.1, 0.15) is 15.4 Å². The molecule has 0 unspecified atom stereocenters. The number of aromatic nitrogens is 1. The van der Waals surface area contributed by atoms with Gasteiger partial charge in [0.15, 0.2) is 0 Å². The largest absolute Gasteiger partial charge is 0.465 e. The Morgan fingerprint density at radius 2 is 1.86 bits per heavy atom. The Morgan fingerprint density at radius 3 is 2.45 bits per heavy atom. The fraction of sp³-hybridized carbons (Fsp3) is 0.214. The van der Waals surface area contributed by atoms with Gasteiger partial charge in [0, 0.05) is 0 Å². The molecule has 0 fully saturated rings. The number of benzene rings is 1. The zero-order chi connectivity index (χ0) is 16.1. The Kier molecular flexibility index (Phi) is 4.95. The van der Waals surface area contributed by atoms with E-state index in [4.69, 9.17) is 4.74 Å². The summed E-state index contributed by atoms with van der Waals surface area (Å²) in [4.78, 5) is 28.5. The molecule has 22 heavy (non-hydrogen) atoms. The number of hydrogen-bond donors (Lipinski definition) is 1. The van der Waals surface area contributed by atoms with Gasteiger partial charge < -0.3 is 9.47 Å². The molecule has 1 aromatic carbocycles. The van der Waals surface area contributed by atoms with Gasteiger partial charge >= 0.3 is 12.1 Å². The van der Waals surface area contributed by atoms with Gasteiger partial charge in [0.1, 0.15) is 4.88 Å². The predicted octanol–water partition coefficient (Wildman–Crippen LogP) is 2.19. The highest BCUT2D eigenvalue weighted by atomic mass is 32.1. The minimum absolute atomic E-state index is 0.355. The number of rotatable bonds is 3. The SMILES string of the molecule is COC(=O)Nn1c(C)c(C(=O)OC)sc1=Nc1ccccc1. The van der Waals surface area contributed by atoms with Crippen molar-refractivity contribution in [3.05, 3.63) is 45.7 Å². The van der Waals surface area contributed by atoms with Crippen LogP contribution in [0.3, 0.4) is 0 Å². The van der Waals surface area contributed by atoms with Crippen LogP contribution in [0.5, 0.6) is 0 Å². The monoisotopic (exact) mass is 321 g/mol. The van der Waals surface area contributed by atoms with Crippen molar-refractivity contribution >= 4 is 29.1 Å². The Bertz CT molecular complexity index is 749. The molecular weight excluding hydrogens is 306 g/mol. The fourth-order valence-corrected chi connectivity index (χ4v) is 2.71. The van der Waals surface area contributed by atoms with E-state index < -0.39 is 12.1 Å². The number of hydrogen-bond acceptors (Lipinski definition) is 6. The first-order valence-electron chi connectivity index (χ1n) is 6.32. The second-order valence-corrected chi connectivity index (χ2v) is 5.15. The molecule has 0 saturated carbocycles. The lowest BCUT2D eigenvalue weighted by molar-refractivity contribution is 0.0604. The number of nitrogens with one attached hydrogen (secondary N) is 1. The Balaban J connectivity index is 2.58. The molecule has 2 aromatic rings. The second kappa shape index (κ2) is 6.90. The van der Waals surface area contributed by atoms with Crippen molar-refractivity contribution < 1.29 is 19.1 Å². The van der Waals surface area contributed by atoms with Crippen molar-refractivity contribution in [3.8, 4) is 0 Å². The smallest absolute Gasteiger partial charge is 0.426 e. The number of carbonyl (C=O) groups is 2. The molecule has 0 atom stereocenters. The first-order valence-corrected chi connectivity index (χ1v) is 7.14. The summed E-state index contributed by atoms with van der Waals surface area (Å²) < 4.78 is 10.7. The van der Waals surface area contributed by atoms with Crippen molar-refractivity contribution in [3.63, 3.8) is 0 Å². The maximum atomic E-state index is 11.8. The highest BCUT2D eigenvalue weighted by molar-refractivity contribution is 7.11. The molecule has 1 N–H and O–H groups in total. The summed E-state index contributed by atoms with van der Waals surface area (Å²) in [6.07, 6.45) is -0.660. The molecule has 2 rings (SSSR count). The van der Waals surface area contributed by atoms with Gasteiger partial charge in [-0.15, -0.1) is 0 Å². The maximum absolute atomic E-state index is 11.8. The zero-order valence-electron chi connectivity index (χ0n) is 12.3.